The van der Waals surface area contributed by atoms with Crippen LogP contribution in [0.25, 0.3) is 0 Å². The quantitative estimate of drug-likeness (QED) is 0.759. The van der Waals surface area contributed by atoms with Gasteiger partial charge in [0.2, 0.25) is 0 Å². The van der Waals surface area contributed by atoms with Gasteiger partial charge in [-0.1, -0.05) is 17.7 Å². The number of amides is 1. The first-order valence-electron chi connectivity index (χ1n) is 5.22. The van der Waals surface area contributed by atoms with Crippen molar-refractivity contribution in [1.82, 2.24) is 4.90 Å². The van der Waals surface area contributed by atoms with E-state index in [4.69, 9.17) is 16.3 Å². The number of benzene rings is 1. The third-order valence-electron chi connectivity index (χ3n) is 2.18. The Morgan fingerprint density at radius 3 is 2.72 bits per heavy atom. The fraction of sp³-hybridized carbons (Fsp3) is 0.333. The maximum Gasteiger partial charge on any atom is 0.325 e. The van der Waals surface area contributed by atoms with E-state index < -0.39 is 5.97 Å². The van der Waals surface area contributed by atoms with Crippen LogP contribution in [-0.2, 0) is 14.3 Å². The second-order valence-corrected chi connectivity index (χ2v) is 4.01. The Morgan fingerprint density at radius 2 is 2.11 bits per heavy atom. The van der Waals surface area contributed by atoms with E-state index in [1.54, 1.807) is 24.3 Å². The molecule has 0 aliphatic carbocycles. The normalized spacial score (nSPS) is 9.72. The molecule has 0 atom stereocenters. The first-order valence-corrected chi connectivity index (χ1v) is 5.60. The molecular formula is C12H14ClNO4. The van der Waals surface area contributed by atoms with E-state index >= 15 is 0 Å². The first-order chi connectivity index (χ1) is 8.52. The smallest absolute Gasteiger partial charge is 0.325 e. The van der Waals surface area contributed by atoms with E-state index in [0.717, 1.165) is 0 Å². The summed E-state index contributed by atoms with van der Waals surface area (Å²) in [7, 11) is 2.77. The Morgan fingerprint density at radius 1 is 1.39 bits per heavy atom. The van der Waals surface area contributed by atoms with E-state index in [9.17, 15) is 9.59 Å². The second-order valence-electron chi connectivity index (χ2n) is 3.57. The summed E-state index contributed by atoms with van der Waals surface area (Å²) in [4.78, 5) is 23.8. The Labute approximate surface area is 110 Å². The van der Waals surface area contributed by atoms with Gasteiger partial charge in [-0.3, -0.25) is 9.59 Å². The van der Waals surface area contributed by atoms with E-state index in [2.05, 4.69) is 4.74 Å². The zero-order chi connectivity index (χ0) is 13.5. The molecule has 5 nitrogen and oxygen atoms in total. The van der Waals surface area contributed by atoms with Crippen LogP contribution in [0, 0.1) is 0 Å². The Kier molecular flexibility index (Phi) is 5.45. The van der Waals surface area contributed by atoms with Crippen molar-refractivity contribution < 1.29 is 19.1 Å². The van der Waals surface area contributed by atoms with E-state index in [-0.39, 0.29) is 19.1 Å². The maximum absolute atomic E-state index is 11.6. The SMILES string of the molecule is COC(=O)CN(C)C(=O)COc1cccc(Cl)c1. The molecule has 0 saturated heterocycles. The summed E-state index contributed by atoms with van der Waals surface area (Å²) in [6.45, 7) is -0.262. The number of carbonyl (C=O) groups is 2. The summed E-state index contributed by atoms with van der Waals surface area (Å²) in [6, 6.07) is 6.73. The van der Waals surface area contributed by atoms with Crippen LogP contribution in [-0.4, -0.2) is 44.1 Å². The summed E-state index contributed by atoms with van der Waals surface area (Å²) in [5.41, 5.74) is 0. The number of ether oxygens (including phenoxy) is 2. The Hall–Kier alpha value is -1.75. The monoisotopic (exact) mass is 271 g/mol. The molecule has 98 valence electrons. The zero-order valence-corrected chi connectivity index (χ0v) is 10.9. The van der Waals surface area contributed by atoms with Gasteiger partial charge in [0, 0.05) is 12.1 Å². The first kappa shape index (κ1) is 14.3. The molecule has 0 aromatic heterocycles. The summed E-state index contributed by atoms with van der Waals surface area (Å²) in [5.74, 6) is -0.295. The van der Waals surface area contributed by atoms with E-state index in [0.29, 0.717) is 10.8 Å². The third-order valence-corrected chi connectivity index (χ3v) is 2.41. The van der Waals surface area contributed by atoms with Gasteiger partial charge in [0.05, 0.1) is 7.11 Å². The van der Waals surface area contributed by atoms with Crippen molar-refractivity contribution in [1.29, 1.82) is 0 Å². The average molecular weight is 272 g/mol. The molecule has 18 heavy (non-hydrogen) atoms. The molecule has 1 amide bonds. The summed E-state index contributed by atoms with van der Waals surface area (Å²) >= 11 is 5.77. The van der Waals surface area contributed by atoms with Crippen molar-refractivity contribution in [2.45, 2.75) is 0 Å². The van der Waals surface area contributed by atoms with Crippen molar-refractivity contribution >= 4 is 23.5 Å². The van der Waals surface area contributed by atoms with Crippen LogP contribution in [0.3, 0.4) is 0 Å². The summed E-state index contributed by atoms with van der Waals surface area (Å²) in [6.07, 6.45) is 0. The molecule has 1 rings (SSSR count). The lowest BCUT2D eigenvalue weighted by atomic mass is 10.3. The third kappa shape index (κ3) is 4.63. The lowest BCUT2D eigenvalue weighted by molar-refractivity contribution is -0.146. The number of rotatable bonds is 5. The minimum atomic E-state index is -0.478. The number of hydrogen-bond donors (Lipinski definition) is 0. The molecule has 0 bridgehead atoms. The van der Waals surface area contributed by atoms with Crippen LogP contribution < -0.4 is 4.74 Å². The maximum atomic E-state index is 11.6. The highest BCUT2D eigenvalue weighted by Crippen LogP contribution is 2.16. The van der Waals surface area contributed by atoms with Gasteiger partial charge in [-0.25, -0.2) is 0 Å². The van der Waals surface area contributed by atoms with Crippen LogP contribution in [0.5, 0.6) is 5.75 Å². The number of halogens is 1. The fourth-order valence-electron chi connectivity index (χ4n) is 1.16. The largest absolute Gasteiger partial charge is 0.484 e. The molecular weight excluding hydrogens is 258 g/mol. The molecule has 0 aliphatic rings. The van der Waals surface area contributed by atoms with Crippen LogP contribution in [0.2, 0.25) is 5.02 Å². The fourth-order valence-corrected chi connectivity index (χ4v) is 1.34. The van der Waals surface area contributed by atoms with Crippen LogP contribution in [0.15, 0.2) is 24.3 Å². The van der Waals surface area contributed by atoms with Crippen LogP contribution in [0.4, 0.5) is 0 Å². The van der Waals surface area contributed by atoms with Gasteiger partial charge in [-0.2, -0.15) is 0 Å². The molecule has 0 N–H and O–H groups in total. The van der Waals surface area contributed by atoms with Gasteiger partial charge in [0.25, 0.3) is 5.91 Å². The number of likely N-dealkylation sites (N-methyl/N-ethyl adjacent to an activating group) is 1. The number of esters is 1. The van der Waals surface area contributed by atoms with Crippen molar-refractivity contribution in [3.05, 3.63) is 29.3 Å². The predicted octanol–water partition coefficient (Wildman–Crippen LogP) is 1.35. The Balaban J connectivity index is 2.43. The van der Waals surface area contributed by atoms with Gasteiger partial charge in [-0.05, 0) is 18.2 Å². The van der Waals surface area contributed by atoms with Crippen molar-refractivity contribution in [3.63, 3.8) is 0 Å². The zero-order valence-electron chi connectivity index (χ0n) is 10.2. The van der Waals surface area contributed by atoms with Crippen LogP contribution >= 0.6 is 11.6 Å². The molecule has 0 aliphatic heterocycles. The van der Waals surface area contributed by atoms with Gasteiger partial charge >= 0.3 is 5.97 Å². The summed E-state index contributed by atoms with van der Waals surface area (Å²) < 4.78 is 9.72. The predicted molar refractivity (Wildman–Crippen MR) is 66.6 cm³/mol. The molecule has 1 aromatic carbocycles. The van der Waals surface area contributed by atoms with Crippen molar-refractivity contribution in [2.75, 3.05) is 27.3 Å². The molecule has 0 spiro atoms. The number of hydrogen-bond acceptors (Lipinski definition) is 4. The van der Waals surface area contributed by atoms with Gasteiger partial charge in [-0.15, -0.1) is 0 Å². The standard InChI is InChI=1S/C12H14ClNO4/c1-14(7-12(16)17-2)11(15)8-18-10-5-3-4-9(13)6-10/h3-6H,7-8H2,1-2H3. The highest BCUT2D eigenvalue weighted by Gasteiger charge is 2.13. The van der Waals surface area contributed by atoms with Crippen molar-refractivity contribution in [3.8, 4) is 5.75 Å². The van der Waals surface area contributed by atoms with Gasteiger partial charge in [0.15, 0.2) is 6.61 Å². The molecule has 6 heteroatoms. The van der Waals surface area contributed by atoms with Crippen LogP contribution in [0.1, 0.15) is 0 Å². The summed E-state index contributed by atoms with van der Waals surface area (Å²) in [5, 5.41) is 0.530. The molecule has 0 saturated carbocycles. The Bertz CT molecular complexity index is 436. The van der Waals surface area contributed by atoms with E-state index in [1.165, 1.54) is 19.1 Å². The molecule has 0 fully saturated rings. The lowest BCUT2D eigenvalue weighted by Gasteiger charge is -2.15. The minimum Gasteiger partial charge on any atom is -0.484 e. The van der Waals surface area contributed by atoms with Crippen molar-refractivity contribution in [2.24, 2.45) is 0 Å². The highest BCUT2D eigenvalue weighted by atomic mass is 35.5. The highest BCUT2D eigenvalue weighted by molar-refractivity contribution is 6.30. The molecule has 0 unspecified atom stereocenters. The molecule has 1 aromatic rings. The molecule has 0 heterocycles. The second kappa shape index (κ2) is 6.86. The number of carbonyl (C=O) groups excluding carboxylic acids is 2. The lowest BCUT2D eigenvalue weighted by Crippen LogP contribution is -2.35. The minimum absolute atomic E-state index is 0.103. The number of methoxy groups -OCH3 is 1. The van der Waals surface area contributed by atoms with Gasteiger partial charge in [0.1, 0.15) is 12.3 Å². The molecule has 0 radical (unpaired) electrons. The average Bonchev–Trinajstić information content (AvgIpc) is 2.35. The van der Waals surface area contributed by atoms with Gasteiger partial charge < -0.3 is 14.4 Å². The topological polar surface area (TPSA) is 55.8 Å². The van der Waals surface area contributed by atoms with E-state index in [1.807, 2.05) is 0 Å². The number of nitrogens with zero attached hydrogens (tertiary/aromatic N) is 1.